The molecule has 2 rings (SSSR count). The summed E-state index contributed by atoms with van der Waals surface area (Å²) in [5, 5.41) is 14.1. The molecule has 0 amide bonds. The van der Waals surface area contributed by atoms with Gasteiger partial charge in [0.15, 0.2) is 0 Å². The Morgan fingerprint density at radius 3 is 2.75 bits per heavy atom. The van der Waals surface area contributed by atoms with Crippen molar-refractivity contribution in [1.82, 2.24) is 5.32 Å². The molecule has 0 spiro atoms. The number of rotatable bonds is 5. The SMILES string of the molecule is CC1(CNCc2ccccc2[N+](=O)[O-])CC1. The van der Waals surface area contributed by atoms with E-state index in [9.17, 15) is 10.1 Å². The topological polar surface area (TPSA) is 55.2 Å². The summed E-state index contributed by atoms with van der Waals surface area (Å²) in [5.74, 6) is 0. The normalized spacial score (nSPS) is 17.1. The van der Waals surface area contributed by atoms with Gasteiger partial charge in [0.1, 0.15) is 0 Å². The molecule has 0 aliphatic heterocycles. The van der Waals surface area contributed by atoms with Crippen LogP contribution in [0.15, 0.2) is 24.3 Å². The Morgan fingerprint density at radius 2 is 2.12 bits per heavy atom. The Bertz CT molecular complexity index is 400. The first-order valence-corrected chi connectivity index (χ1v) is 5.54. The Balaban J connectivity index is 1.95. The number of nitrogens with one attached hydrogen (secondary N) is 1. The summed E-state index contributed by atoms with van der Waals surface area (Å²) in [7, 11) is 0. The van der Waals surface area contributed by atoms with Gasteiger partial charge in [-0.05, 0) is 18.3 Å². The number of nitro groups is 1. The maximum absolute atomic E-state index is 10.8. The quantitative estimate of drug-likeness (QED) is 0.612. The third kappa shape index (κ3) is 2.58. The van der Waals surface area contributed by atoms with Gasteiger partial charge in [-0.25, -0.2) is 0 Å². The molecule has 0 unspecified atom stereocenters. The maximum Gasteiger partial charge on any atom is 0.273 e. The van der Waals surface area contributed by atoms with Gasteiger partial charge in [-0.1, -0.05) is 25.1 Å². The molecule has 0 heterocycles. The summed E-state index contributed by atoms with van der Waals surface area (Å²) in [6.45, 7) is 3.76. The van der Waals surface area contributed by atoms with Gasteiger partial charge in [-0.3, -0.25) is 10.1 Å². The molecule has 16 heavy (non-hydrogen) atoms. The molecule has 1 aromatic rings. The minimum atomic E-state index is -0.324. The predicted octanol–water partition coefficient (Wildman–Crippen LogP) is 2.48. The standard InChI is InChI=1S/C12H16N2O2/c1-12(6-7-12)9-13-8-10-4-2-3-5-11(10)14(15)16/h2-5,13H,6-9H2,1H3. The van der Waals surface area contributed by atoms with Crippen molar-refractivity contribution < 1.29 is 4.92 Å². The van der Waals surface area contributed by atoms with Crippen LogP contribution in [-0.2, 0) is 6.54 Å². The van der Waals surface area contributed by atoms with Gasteiger partial charge < -0.3 is 5.32 Å². The predicted molar refractivity (Wildman–Crippen MR) is 62.1 cm³/mol. The summed E-state index contributed by atoms with van der Waals surface area (Å²) in [6, 6.07) is 6.89. The van der Waals surface area contributed by atoms with Crippen LogP contribution in [0.2, 0.25) is 0 Å². The molecular formula is C12H16N2O2. The molecule has 1 fully saturated rings. The molecule has 1 aliphatic rings. The first-order chi connectivity index (χ1) is 7.61. The third-order valence-electron chi connectivity index (χ3n) is 3.16. The van der Waals surface area contributed by atoms with Crippen molar-refractivity contribution in [3.63, 3.8) is 0 Å². The highest BCUT2D eigenvalue weighted by atomic mass is 16.6. The van der Waals surface area contributed by atoms with Crippen molar-refractivity contribution in [1.29, 1.82) is 0 Å². The van der Waals surface area contributed by atoms with E-state index in [4.69, 9.17) is 0 Å². The zero-order valence-electron chi connectivity index (χ0n) is 9.40. The highest BCUT2D eigenvalue weighted by molar-refractivity contribution is 5.39. The van der Waals surface area contributed by atoms with Crippen molar-refractivity contribution in [3.8, 4) is 0 Å². The molecule has 4 nitrogen and oxygen atoms in total. The minimum absolute atomic E-state index is 0.205. The molecule has 86 valence electrons. The van der Waals surface area contributed by atoms with Gasteiger partial charge >= 0.3 is 0 Å². The van der Waals surface area contributed by atoms with Crippen LogP contribution in [0.3, 0.4) is 0 Å². The zero-order valence-corrected chi connectivity index (χ0v) is 9.40. The molecule has 0 saturated heterocycles. The lowest BCUT2D eigenvalue weighted by atomic mass is 10.1. The van der Waals surface area contributed by atoms with Crippen molar-refractivity contribution in [2.45, 2.75) is 26.3 Å². The average molecular weight is 220 g/mol. The summed E-state index contributed by atoms with van der Waals surface area (Å²) < 4.78 is 0. The van der Waals surface area contributed by atoms with Gasteiger partial charge in [0.2, 0.25) is 0 Å². The van der Waals surface area contributed by atoms with Gasteiger partial charge in [0.25, 0.3) is 5.69 Å². The van der Waals surface area contributed by atoms with Gasteiger partial charge in [0, 0.05) is 24.7 Å². The van der Waals surface area contributed by atoms with E-state index in [2.05, 4.69) is 12.2 Å². The Morgan fingerprint density at radius 1 is 1.44 bits per heavy atom. The van der Waals surface area contributed by atoms with Crippen LogP contribution in [0.25, 0.3) is 0 Å². The van der Waals surface area contributed by atoms with Crippen LogP contribution in [0.4, 0.5) is 5.69 Å². The molecule has 0 atom stereocenters. The first kappa shape index (κ1) is 11.1. The largest absolute Gasteiger partial charge is 0.312 e. The number of nitrogens with zero attached hydrogens (tertiary/aromatic N) is 1. The second kappa shape index (κ2) is 4.22. The van der Waals surface area contributed by atoms with E-state index < -0.39 is 0 Å². The monoisotopic (exact) mass is 220 g/mol. The molecule has 1 N–H and O–H groups in total. The molecule has 4 heteroatoms. The fourth-order valence-corrected chi connectivity index (χ4v) is 1.73. The van der Waals surface area contributed by atoms with Crippen LogP contribution in [-0.4, -0.2) is 11.5 Å². The van der Waals surface area contributed by atoms with Crippen LogP contribution in [0.1, 0.15) is 25.3 Å². The van der Waals surface area contributed by atoms with E-state index in [1.54, 1.807) is 18.2 Å². The van der Waals surface area contributed by atoms with Crippen molar-refractivity contribution in [2.24, 2.45) is 5.41 Å². The second-order valence-corrected chi connectivity index (χ2v) is 4.80. The third-order valence-corrected chi connectivity index (χ3v) is 3.16. The Labute approximate surface area is 94.8 Å². The second-order valence-electron chi connectivity index (χ2n) is 4.80. The summed E-state index contributed by atoms with van der Waals surface area (Å²) in [4.78, 5) is 10.4. The van der Waals surface area contributed by atoms with E-state index in [1.807, 2.05) is 6.07 Å². The molecule has 0 radical (unpaired) electrons. The molecule has 1 saturated carbocycles. The fourth-order valence-electron chi connectivity index (χ4n) is 1.73. The number of nitro benzene ring substituents is 1. The lowest BCUT2D eigenvalue weighted by Gasteiger charge is -2.09. The maximum atomic E-state index is 10.8. The highest BCUT2D eigenvalue weighted by Crippen LogP contribution is 2.44. The van der Waals surface area contributed by atoms with Crippen molar-refractivity contribution >= 4 is 5.69 Å². The average Bonchev–Trinajstić information content (AvgIpc) is 2.97. The van der Waals surface area contributed by atoms with Crippen LogP contribution in [0.5, 0.6) is 0 Å². The number of para-hydroxylation sites is 1. The van der Waals surface area contributed by atoms with Gasteiger partial charge in [-0.2, -0.15) is 0 Å². The van der Waals surface area contributed by atoms with Crippen LogP contribution in [0, 0.1) is 15.5 Å². The highest BCUT2D eigenvalue weighted by Gasteiger charge is 2.36. The van der Waals surface area contributed by atoms with E-state index in [0.29, 0.717) is 12.0 Å². The van der Waals surface area contributed by atoms with E-state index >= 15 is 0 Å². The minimum Gasteiger partial charge on any atom is -0.312 e. The van der Waals surface area contributed by atoms with Gasteiger partial charge in [0.05, 0.1) is 4.92 Å². The zero-order chi connectivity index (χ0) is 11.6. The Hall–Kier alpha value is -1.42. The Kier molecular flexibility index (Phi) is 2.92. The number of hydrogen-bond donors (Lipinski definition) is 1. The number of benzene rings is 1. The van der Waals surface area contributed by atoms with Crippen LogP contribution < -0.4 is 5.32 Å². The summed E-state index contributed by atoms with van der Waals surface area (Å²) in [6.07, 6.45) is 2.52. The molecule has 0 aromatic heterocycles. The molecular weight excluding hydrogens is 204 g/mol. The van der Waals surface area contributed by atoms with E-state index in [0.717, 1.165) is 12.1 Å². The van der Waals surface area contributed by atoms with Crippen LogP contribution >= 0.6 is 0 Å². The smallest absolute Gasteiger partial charge is 0.273 e. The summed E-state index contributed by atoms with van der Waals surface area (Å²) >= 11 is 0. The van der Waals surface area contributed by atoms with Gasteiger partial charge in [-0.15, -0.1) is 0 Å². The fraction of sp³-hybridized carbons (Fsp3) is 0.500. The lowest BCUT2D eigenvalue weighted by molar-refractivity contribution is -0.385. The number of hydrogen-bond acceptors (Lipinski definition) is 3. The first-order valence-electron chi connectivity index (χ1n) is 5.54. The van der Waals surface area contributed by atoms with Crippen molar-refractivity contribution in [3.05, 3.63) is 39.9 Å². The van der Waals surface area contributed by atoms with E-state index in [1.165, 1.54) is 12.8 Å². The lowest BCUT2D eigenvalue weighted by Crippen LogP contribution is -2.21. The molecule has 0 bridgehead atoms. The van der Waals surface area contributed by atoms with Crippen molar-refractivity contribution in [2.75, 3.05) is 6.54 Å². The summed E-state index contributed by atoms with van der Waals surface area (Å²) in [5.41, 5.74) is 1.40. The van der Waals surface area contributed by atoms with E-state index in [-0.39, 0.29) is 10.6 Å². The molecule has 1 aliphatic carbocycles. The molecule has 1 aromatic carbocycles.